The molecule has 2 aromatic rings. The highest BCUT2D eigenvalue weighted by molar-refractivity contribution is 7.82. The number of carbonyl (C=O) groups excluding carboxylic acids is 1. The second kappa shape index (κ2) is 7.25. The summed E-state index contributed by atoms with van der Waals surface area (Å²) in [6, 6.07) is 1.87. The highest BCUT2D eigenvalue weighted by Crippen LogP contribution is 2.34. The van der Waals surface area contributed by atoms with Crippen LogP contribution >= 0.6 is 0 Å². The van der Waals surface area contributed by atoms with Gasteiger partial charge in [-0.1, -0.05) is 0 Å². The number of benzene rings is 1. The van der Waals surface area contributed by atoms with Crippen LogP contribution < -0.4 is 4.90 Å². The quantitative estimate of drug-likeness (QED) is 0.780. The molecule has 0 radical (unpaired) electrons. The lowest BCUT2D eigenvalue weighted by molar-refractivity contribution is 0.135. The third kappa shape index (κ3) is 3.30. The van der Waals surface area contributed by atoms with E-state index in [1.165, 1.54) is 4.90 Å². The van der Waals surface area contributed by atoms with Crippen LogP contribution in [0.5, 0.6) is 0 Å². The van der Waals surface area contributed by atoms with E-state index in [4.69, 9.17) is 4.74 Å². The van der Waals surface area contributed by atoms with Crippen LogP contribution in [-0.4, -0.2) is 43.3 Å². The molecule has 1 atom stereocenters. The molecule has 2 aliphatic heterocycles. The molecule has 3 heterocycles. The van der Waals surface area contributed by atoms with Gasteiger partial charge in [0, 0.05) is 44.0 Å². The summed E-state index contributed by atoms with van der Waals surface area (Å²) in [5, 5.41) is 0.499. The number of rotatable bonds is 3. The Morgan fingerprint density at radius 1 is 1.21 bits per heavy atom. The Labute approximate surface area is 163 Å². The van der Waals surface area contributed by atoms with E-state index >= 15 is 0 Å². The van der Waals surface area contributed by atoms with Crippen LogP contribution in [0.15, 0.2) is 23.4 Å². The Morgan fingerprint density at radius 2 is 1.89 bits per heavy atom. The zero-order valence-electron chi connectivity index (χ0n) is 15.5. The lowest BCUT2D eigenvalue weighted by Gasteiger charge is -2.39. The third-order valence-electron chi connectivity index (χ3n) is 5.22. The summed E-state index contributed by atoms with van der Waals surface area (Å²) in [5.74, 6) is -1.19. The van der Waals surface area contributed by atoms with Crippen molar-refractivity contribution in [3.05, 3.63) is 41.4 Å². The van der Waals surface area contributed by atoms with Crippen LogP contribution in [-0.2, 0) is 29.4 Å². The Balaban J connectivity index is 1.50. The molecule has 28 heavy (non-hydrogen) atoms. The number of aryl methyl sites for hydroxylation is 2. The van der Waals surface area contributed by atoms with Crippen molar-refractivity contribution in [2.45, 2.75) is 37.4 Å². The molecule has 0 aliphatic carbocycles. The molecule has 1 unspecified atom stereocenters. The summed E-state index contributed by atoms with van der Waals surface area (Å²) < 4.78 is 48.8. The molecule has 0 bridgehead atoms. The first-order valence-electron chi connectivity index (χ1n) is 8.96. The lowest BCUT2D eigenvalue weighted by atomic mass is 10.0. The molecule has 1 amide bonds. The van der Waals surface area contributed by atoms with Crippen molar-refractivity contribution in [3.8, 4) is 0 Å². The predicted molar refractivity (Wildman–Crippen MR) is 98.0 cm³/mol. The molecule has 0 saturated carbocycles. The second-order valence-electron chi connectivity index (χ2n) is 6.97. The Hall–Kier alpha value is -2.33. The topological polar surface area (TPSA) is 67.7 Å². The molecular weight excluding hydrogens is 390 g/mol. The van der Waals surface area contributed by atoms with E-state index in [0.29, 0.717) is 42.2 Å². The number of anilines is 1. The molecule has 1 aromatic heterocycles. The molecule has 4 rings (SSSR count). The van der Waals surface area contributed by atoms with Crippen molar-refractivity contribution in [1.29, 1.82) is 0 Å². The average Bonchev–Trinajstić information content (AvgIpc) is 3.01. The largest absolute Gasteiger partial charge is 0.444 e. The fourth-order valence-electron chi connectivity index (χ4n) is 3.58. The number of piperidine rings is 1. The zero-order valence-corrected chi connectivity index (χ0v) is 16.3. The minimum Gasteiger partial charge on any atom is -0.444 e. The molecule has 0 spiro atoms. The maximum Gasteiger partial charge on any atom is 0.414 e. The molecule has 1 saturated heterocycles. The van der Waals surface area contributed by atoms with E-state index in [-0.39, 0.29) is 12.6 Å². The lowest BCUT2D eigenvalue weighted by Crippen LogP contribution is -2.49. The Kier molecular flexibility index (Phi) is 4.92. The van der Waals surface area contributed by atoms with Crippen molar-refractivity contribution >= 4 is 22.8 Å². The highest BCUT2D eigenvalue weighted by Gasteiger charge is 2.36. The SMILES string of the molecule is Cc1nc(S(=O)N2CCC(N3C(=O)OCc4cc(F)c(F)cc43)CC2)cn1C. The number of carbonyl (C=O) groups is 1. The number of aromatic nitrogens is 2. The summed E-state index contributed by atoms with van der Waals surface area (Å²) in [6.07, 6.45) is 2.24. The van der Waals surface area contributed by atoms with Gasteiger partial charge in [-0.15, -0.1) is 0 Å². The van der Waals surface area contributed by atoms with Crippen LogP contribution in [0.1, 0.15) is 24.2 Å². The molecule has 1 aromatic carbocycles. The third-order valence-corrected chi connectivity index (χ3v) is 6.61. The number of cyclic esters (lactones) is 1. The number of amides is 1. The van der Waals surface area contributed by atoms with E-state index in [2.05, 4.69) is 4.98 Å². The summed E-state index contributed by atoms with van der Waals surface area (Å²) in [4.78, 5) is 18.0. The standard InChI is InChI=1S/C18H20F2N4O3S/c1-11-21-17(9-22(11)2)28(26)23-5-3-13(4-6-23)24-16-8-15(20)14(19)7-12(16)10-27-18(24)25/h7-9,13H,3-6,10H2,1-2H3. The summed E-state index contributed by atoms with van der Waals surface area (Å²) >= 11 is 0. The number of imidazole rings is 1. The van der Waals surface area contributed by atoms with Gasteiger partial charge in [0.15, 0.2) is 16.7 Å². The number of ether oxygens (including phenoxy) is 1. The van der Waals surface area contributed by atoms with E-state index in [1.54, 1.807) is 10.5 Å². The van der Waals surface area contributed by atoms with Gasteiger partial charge in [0.05, 0.1) is 5.69 Å². The van der Waals surface area contributed by atoms with Crippen LogP contribution in [0.4, 0.5) is 19.3 Å². The first-order chi connectivity index (χ1) is 13.3. The van der Waals surface area contributed by atoms with Gasteiger partial charge in [-0.05, 0) is 25.8 Å². The Bertz CT molecular complexity index is 937. The normalized spacial score (nSPS) is 19.4. The van der Waals surface area contributed by atoms with E-state index < -0.39 is 28.7 Å². The number of hydrogen-bond acceptors (Lipinski definition) is 4. The molecule has 2 aliphatic rings. The highest BCUT2D eigenvalue weighted by atomic mass is 32.2. The van der Waals surface area contributed by atoms with Gasteiger partial charge >= 0.3 is 6.09 Å². The monoisotopic (exact) mass is 410 g/mol. The van der Waals surface area contributed by atoms with Crippen LogP contribution in [0, 0.1) is 18.6 Å². The van der Waals surface area contributed by atoms with Crippen LogP contribution in [0.3, 0.4) is 0 Å². The second-order valence-corrected chi connectivity index (χ2v) is 8.40. The zero-order chi connectivity index (χ0) is 20.0. The molecule has 10 heteroatoms. The first-order valence-corrected chi connectivity index (χ1v) is 10.1. The van der Waals surface area contributed by atoms with Gasteiger partial charge in [0.25, 0.3) is 0 Å². The number of fused-ring (bicyclic) bond motifs is 1. The van der Waals surface area contributed by atoms with Crippen molar-refractivity contribution in [2.75, 3.05) is 18.0 Å². The summed E-state index contributed by atoms with van der Waals surface area (Å²) in [6.45, 7) is 2.73. The van der Waals surface area contributed by atoms with Crippen LogP contribution in [0.2, 0.25) is 0 Å². The maximum absolute atomic E-state index is 13.8. The maximum atomic E-state index is 13.8. The molecule has 1 fully saturated rings. The summed E-state index contributed by atoms with van der Waals surface area (Å²) in [7, 11) is 0.461. The number of nitrogens with zero attached hydrogens (tertiary/aromatic N) is 4. The van der Waals surface area contributed by atoms with Gasteiger partial charge in [0.1, 0.15) is 23.4 Å². The molecule has 7 nitrogen and oxygen atoms in total. The van der Waals surface area contributed by atoms with Gasteiger partial charge in [-0.3, -0.25) is 4.90 Å². The molecule has 0 N–H and O–H groups in total. The Morgan fingerprint density at radius 3 is 2.54 bits per heavy atom. The van der Waals surface area contributed by atoms with Gasteiger partial charge < -0.3 is 9.30 Å². The number of hydrogen-bond donors (Lipinski definition) is 0. The fraction of sp³-hybridized carbons (Fsp3) is 0.444. The van der Waals surface area contributed by atoms with Crippen molar-refractivity contribution < 1.29 is 22.5 Å². The van der Waals surface area contributed by atoms with E-state index in [9.17, 15) is 17.8 Å². The molecule has 150 valence electrons. The smallest absolute Gasteiger partial charge is 0.414 e. The predicted octanol–water partition coefficient (Wildman–Crippen LogP) is 2.65. The first kappa shape index (κ1) is 19.0. The van der Waals surface area contributed by atoms with Crippen molar-refractivity contribution in [2.24, 2.45) is 7.05 Å². The summed E-state index contributed by atoms with van der Waals surface area (Å²) in [5.41, 5.74) is 0.781. The van der Waals surface area contributed by atoms with Crippen LogP contribution in [0.25, 0.3) is 0 Å². The van der Waals surface area contributed by atoms with E-state index in [0.717, 1.165) is 18.0 Å². The van der Waals surface area contributed by atoms with Gasteiger partial charge in [-0.2, -0.15) is 0 Å². The minimum absolute atomic E-state index is 0.0796. The minimum atomic E-state index is -1.38. The fourth-order valence-corrected chi connectivity index (χ4v) is 4.84. The van der Waals surface area contributed by atoms with E-state index in [1.807, 2.05) is 18.5 Å². The number of halogens is 2. The molecular formula is C18H20F2N4O3S. The van der Waals surface area contributed by atoms with Crippen molar-refractivity contribution in [3.63, 3.8) is 0 Å². The van der Waals surface area contributed by atoms with Gasteiger partial charge in [-0.25, -0.2) is 27.1 Å². The average molecular weight is 410 g/mol. The van der Waals surface area contributed by atoms with Gasteiger partial charge in [0.2, 0.25) is 0 Å². The van der Waals surface area contributed by atoms with Crippen molar-refractivity contribution in [1.82, 2.24) is 13.9 Å².